The Hall–Kier alpha value is -1.06. The SMILES string of the molecule is CC(=O)c1cc(Cl)ccc1C(Cl)=NO. The summed E-state index contributed by atoms with van der Waals surface area (Å²) in [6, 6.07) is 4.57. The van der Waals surface area contributed by atoms with Crippen LogP contribution in [0, 0.1) is 0 Å². The fourth-order valence-corrected chi connectivity index (χ4v) is 1.38. The molecule has 0 aliphatic carbocycles. The summed E-state index contributed by atoms with van der Waals surface area (Å²) in [5.41, 5.74) is 0.700. The second kappa shape index (κ2) is 4.44. The Balaban J connectivity index is 3.36. The van der Waals surface area contributed by atoms with Crippen molar-refractivity contribution in [3.63, 3.8) is 0 Å². The molecule has 0 amide bonds. The van der Waals surface area contributed by atoms with E-state index in [9.17, 15) is 4.79 Å². The Morgan fingerprint density at radius 2 is 2.07 bits per heavy atom. The maximum Gasteiger partial charge on any atom is 0.176 e. The van der Waals surface area contributed by atoms with Gasteiger partial charge in [0.15, 0.2) is 11.0 Å². The molecule has 1 rings (SSSR count). The molecule has 0 atom stereocenters. The highest BCUT2D eigenvalue weighted by atomic mass is 35.5. The van der Waals surface area contributed by atoms with Crippen molar-refractivity contribution < 1.29 is 10.0 Å². The number of Topliss-reactive ketones (excluding diaryl/α,β-unsaturated/α-hetero) is 1. The zero-order valence-corrected chi connectivity index (χ0v) is 8.80. The molecule has 1 N–H and O–H groups in total. The average molecular weight is 232 g/mol. The quantitative estimate of drug-likeness (QED) is 0.369. The van der Waals surface area contributed by atoms with E-state index in [4.69, 9.17) is 28.4 Å². The van der Waals surface area contributed by atoms with Crippen molar-refractivity contribution in [2.24, 2.45) is 5.16 Å². The fourth-order valence-electron chi connectivity index (χ4n) is 1.04. The van der Waals surface area contributed by atoms with Gasteiger partial charge in [-0.3, -0.25) is 4.79 Å². The molecule has 0 aliphatic rings. The number of nitrogens with zero attached hydrogens (tertiary/aromatic N) is 1. The van der Waals surface area contributed by atoms with Crippen LogP contribution in [-0.4, -0.2) is 16.2 Å². The minimum absolute atomic E-state index is 0.133. The fraction of sp³-hybridized carbons (Fsp3) is 0.111. The molecule has 1 aromatic rings. The Bertz CT molecular complexity index is 402. The zero-order chi connectivity index (χ0) is 10.7. The van der Waals surface area contributed by atoms with E-state index in [2.05, 4.69) is 5.16 Å². The van der Waals surface area contributed by atoms with Gasteiger partial charge in [0.1, 0.15) is 0 Å². The van der Waals surface area contributed by atoms with Gasteiger partial charge in [-0.05, 0) is 25.1 Å². The molecular formula is C9H7Cl2NO2. The molecule has 0 heterocycles. The molecule has 5 heteroatoms. The minimum atomic E-state index is -0.190. The lowest BCUT2D eigenvalue weighted by atomic mass is 10.1. The van der Waals surface area contributed by atoms with Crippen molar-refractivity contribution in [2.45, 2.75) is 6.92 Å². The lowest BCUT2D eigenvalue weighted by Crippen LogP contribution is -2.03. The number of halogens is 2. The third-order valence-corrected chi connectivity index (χ3v) is 2.19. The van der Waals surface area contributed by atoms with Crippen LogP contribution in [0.4, 0.5) is 0 Å². The number of hydrogen-bond donors (Lipinski definition) is 1. The van der Waals surface area contributed by atoms with Gasteiger partial charge in [-0.1, -0.05) is 28.4 Å². The predicted octanol–water partition coefficient (Wildman–Crippen LogP) is 2.92. The van der Waals surface area contributed by atoms with Gasteiger partial charge in [-0.15, -0.1) is 0 Å². The van der Waals surface area contributed by atoms with Crippen LogP contribution >= 0.6 is 23.2 Å². The summed E-state index contributed by atoms with van der Waals surface area (Å²) in [5, 5.41) is 11.6. The number of benzene rings is 1. The number of rotatable bonds is 2. The molecule has 0 bridgehead atoms. The summed E-state index contributed by atoms with van der Waals surface area (Å²) in [5.74, 6) is -0.190. The van der Waals surface area contributed by atoms with E-state index < -0.39 is 0 Å². The second-order valence-corrected chi connectivity index (χ2v) is 3.43. The van der Waals surface area contributed by atoms with Crippen molar-refractivity contribution >= 4 is 34.2 Å². The number of carbonyl (C=O) groups excluding carboxylic acids is 1. The third-order valence-electron chi connectivity index (χ3n) is 1.67. The Labute approximate surface area is 90.9 Å². The zero-order valence-electron chi connectivity index (χ0n) is 7.29. The molecule has 74 valence electrons. The van der Waals surface area contributed by atoms with Crippen LogP contribution in [0.5, 0.6) is 0 Å². The summed E-state index contributed by atoms with van der Waals surface area (Å²) >= 11 is 11.3. The van der Waals surface area contributed by atoms with Crippen LogP contribution in [0.15, 0.2) is 23.4 Å². The topological polar surface area (TPSA) is 49.7 Å². The lowest BCUT2D eigenvalue weighted by molar-refractivity contribution is 0.101. The first-order chi connectivity index (χ1) is 6.56. The molecule has 0 saturated carbocycles. The van der Waals surface area contributed by atoms with Gasteiger partial charge in [-0.2, -0.15) is 0 Å². The molecule has 0 spiro atoms. The van der Waals surface area contributed by atoms with E-state index in [1.54, 1.807) is 6.07 Å². The van der Waals surface area contributed by atoms with E-state index >= 15 is 0 Å². The third kappa shape index (κ3) is 2.25. The summed E-state index contributed by atoms with van der Waals surface area (Å²) < 4.78 is 0. The summed E-state index contributed by atoms with van der Waals surface area (Å²) in [6.45, 7) is 1.39. The summed E-state index contributed by atoms with van der Waals surface area (Å²) in [6.07, 6.45) is 0. The van der Waals surface area contributed by atoms with Crippen molar-refractivity contribution in [3.05, 3.63) is 34.3 Å². The van der Waals surface area contributed by atoms with Crippen LogP contribution in [-0.2, 0) is 0 Å². The first kappa shape index (κ1) is 11.0. The highest BCUT2D eigenvalue weighted by molar-refractivity contribution is 6.70. The molecule has 0 aliphatic heterocycles. The smallest absolute Gasteiger partial charge is 0.176 e. The molecule has 0 saturated heterocycles. The normalized spacial score (nSPS) is 11.5. The number of ketones is 1. The maximum absolute atomic E-state index is 11.2. The van der Waals surface area contributed by atoms with Gasteiger partial charge in [0.2, 0.25) is 0 Å². The van der Waals surface area contributed by atoms with Crippen LogP contribution in [0.25, 0.3) is 0 Å². The van der Waals surface area contributed by atoms with Crippen molar-refractivity contribution in [3.8, 4) is 0 Å². The number of oxime groups is 1. The highest BCUT2D eigenvalue weighted by Crippen LogP contribution is 2.18. The second-order valence-electron chi connectivity index (χ2n) is 2.64. The van der Waals surface area contributed by atoms with Crippen molar-refractivity contribution in [2.75, 3.05) is 0 Å². The van der Waals surface area contributed by atoms with Gasteiger partial charge in [0, 0.05) is 16.1 Å². The first-order valence-electron chi connectivity index (χ1n) is 3.74. The average Bonchev–Trinajstić information content (AvgIpc) is 2.16. The Morgan fingerprint density at radius 3 is 2.57 bits per heavy atom. The first-order valence-corrected chi connectivity index (χ1v) is 4.50. The number of hydrogen-bond acceptors (Lipinski definition) is 3. The van der Waals surface area contributed by atoms with Crippen molar-refractivity contribution in [1.29, 1.82) is 0 Å². The summed E-state index contributed by atoms with van der Waals surface area (Å²) in [4.78, 5) is 11.2. The largest absolute Gasteiger partial charge is 0.410 e. The van der Waals surface area contributed by atoms with E-state index in [0.717, 1.165) is 0 Å². The minimum Gasteiger partial charge on any atom is -0.410 e. The van der Waals surface area contributed by atoms with Gasteiger partial charge >= 0.3 is 0 Å². The van der Waals surface area contributed by atoms with Crippen LogP contribution in [0.3, 0.4) is 0 Å². The van der Waals surface area contributed by atoms with Gasteiger partial charge < -0.3 is 5.21 Å². The van der Waals surface area contributed by atoms with Crippen molar-refractivity contribution in [1.82, 2.24) is 0 Å². The molecule has 1 aromatic carbocycles. The van der Waals surface area contributed by atoms with E-state index in [0.29, 0.717) is 16.1 Å². The van der Waals surface area contributed by atoms with Gasteiger partial charge in [0.25, 0.3) is 0 Å². The Kier molecular flexibility index (Phi) is 3.49. The molecule has 0 fully saturated rings. The monoisotopic (exact) mass is 231 g/mol. The van der Waals surface area contributed by atoms with E-state index in [1.807, 2.05) is 0 Å². The molecule has 0 unspecified atom stereocenters. The van der Waals surface area contributed by atoms with Gasteiger partial charge in [0.05, 0.1) is 0 Å². The maximum atomic E-state index is 11.2. The number of carbonyl (C=O) groups is 1. The van der Waals surface area contributed by atoms with E-state index in [-0.39, 0.29) is 11.0 Å². The molecular weight excluding hydrogens is 225 g/mol. The standard InChI is InChI=1S/C9H7Cl2NO2/c1-5(13)8-4-6(10)2-3-7(8)9(11)12-14/h2-4,14H,1H3. The van der Waals surface area contributed by atoms with Crippen LogP contribution in [0.1, 0.15) is 22.8 Å². The predicted molar refractivity (Wildman–Crippen MR) is 55.6 cm³/mol. The lowest BCUT2D eigenvalue weighted by Gasteiger charge is -2.03. The molecule has 0 radical (unpaired) electrons. The Morgan fingerprint density at radius 1 is 1.43 bits per heavy atom. The summed E-state index contributed by atoms with van der Waals surface area (Å²) in [7, 11) is 0. The highest BCUT2D eigenvalue weighted by Gasteiger charge is 2.11. The molecule has 14 heavy (non-hydrogen) atoms. The van der Waals surface area contributed by atoms with Crippen LogP contribution in [0.2, 0.25) is 5.02 Å². The van der Waals surface area contributed by atoms with Crippen LogP contribution < -0.4 is 0 Å². The molecule has 3 nitrogen and oxygen atoms in total. The van der Waals surface area contributed by atoms with E-state index in [1.165, 1.54) is 19.1 Å². The molecule has 0 aromatic heterocycles. The van der Waals surface area contributed by atoms with Gasteiger partial charge in [-0.25, -0.2) is 0 Å².